The van der Waals surface area contributed by atoms with Crippen LogP contribution in [-0.2, 0) is 9.53 Å². The number of nitrogens with zero attached hydrogens (tertiary/aromatic N) is 1. The van der Waals surface area contributed by atoms with Gasteiger partial charge in [0.25, 0.3) is 0 Å². The Labute approximate surface area is 73.7 Å². The molecule has 1 aliphatic heterocycles. The van der Waals surface area contributed by atoms with E-state index in [0.717, 1.165) is 32.4 Å². The van der Waals surface area contributed by atoms with Crippen LogP contribution in [-0.4, -0.2) is 37.1 Å². The summed E-state index contributed by atoms with van der Waals surface area (Å²) in [7, 11) is 1.69. The zero-order chi connectivity index (χ0) is 8.97. The van der Waals surface area contributed by atoms with Gasteiger partial charge in [-0.05, 0) is 19.8 Å². The van der Waals surface area contributed by atoms with Gasteiger partial charge in [0.15, 0.2) is 0 Å². The first-order valence-electron chi connectivity index (χ1n) is 4.54. The van der Waals surface area contributed by atoms with Gasteiger partial charge in [-0.1, -0.05) is 0 Å². The predicted octanol–water partition coefficient (Wildman–Crippen LogP) is 1.03. The van der Waals surface area contributed by atoms with E-state index in [1.54, 1.807) is 7.11 Å². The number of amides is 1. The zero-order valence-electron chi connectivity index (χ0n) is 7.88. The monoisotopic (exact) mass is 171 g/mol. The average molecular weight is 171 g/mol. The molecule has 0 aromatic rings. The summed E-state index contributed by atoms with van der Waals surface area (Å²) >= 11 is 0. The Morgan fingerprint density at radius 1 is 1.67 bits per heavy atom. The van der Waals surface area contributed by atoms with Crippen molar-refractivity contribution in [1.82, 2.24) is 4.90 Å². The van der Waals surface area contributed by atoms with Gasteiger partial charge in [-0.15, -0.1) is 0 Å². The molecule has 1 unspecified atom stereocenters. The lowest BCUT2D eigenvalue weighted by molar-refractivity contribution is -0.128. The zero-order valence-corrected chi connectivity index (χ0v) is 7.88. The topological polar surface area (TPSA) is 29.5 Å². The number of ether oxygens (including phenoxy) is 1. The quantitative estimate of drug-likeness (QED) is 0.591. The van der Waals surface area contributed by atoms with E-state index >= 15 is 0 Å². The number of methoxy groups -OCH3 is 1. The molecule has 1 fully saturated rings. The average Bonchev–Trinajstić information content (AvgIpc) is 2.35. The van der Waals surface area contributed by atoms with Crippen molar-refractivity contribution in [2.45, 2.75) is 32.2 Å². The number of carbonyl (C=O) groups is 1. The van der Waals surface area contributed by atoms with Crippen LogP contribution in [0.4, 0.5) is 0 Å². The van der Waals surface area contributed by atoms with Crippen molar-refractivity contribution < 1.29 is 9.53 Å². The Kier molecular flexibility index (Phi) is 3.53. The lowest BCUT2D eigenvalue weighted by Crippen LogP contribution is -2.32. The summed E-state index contributed by atoms with van der Waals surface area (Å²) in [5, 5.41) is 0. The van der Waals surface area contributed by atoms with E-state index in [4.69, 9.17) is 4.74 Å². The molecule has 0 saturated carbocycles. The molecule has 0 bridgehead atoms. The molecule has 3 heteroatoms. The molecule has 1 saturated heterocycles. The van der Waals surface area contributed by atoms with Crippen molar-refractivity contribution in [2.24, 2.45) is 0 Å². The highest BCUT2D eigenvalue weighted by Crippen LogP contribution is 2.17. The fourth-order valence-electron chi connectivity index (χ4n) is 1.60. The molecule has 0 aromatic heterocycles. The number of hydrogen-bond acceptors (Lipinski definition) is 2. The van der Waals surface area contributed by atoms with E-state index < -0.39 is 0 Å². The van der Waals surface area contributed by atoms with Gasteiger partial charge in [-0.2, -0.15) is 0 Å². The van der Waals surface area contributed by atoms with E-state index in [2.05, 4.69) is 6.92 Å². The Morgan fingerprint density at radius 2 is 2.42 bits per heavy atom. The smallest absolute Gasteiger partial charge is 0.222 e. The molecule has 0 aliphatic carbocycles. The Morgan fingerprint density at radius 3 is 2.92 bits per heavy atom. The van der Waals surface area contributed by atoms with Crippen molar-refractivity contribution in [3.63, 3.8) is 0 Å². The third kappa shape index (κ3) is 2.21. The summed E-state index contributed by atoms with van der Waals surface area (Å²) in [5.74, 6) is 0.304. The van der Waals surface area contributed by atoms with Crippen molar-refractivity contribution in [3.05, 3.63) is 0 Å². The van der Waals surface area contributed by atoms with Crippen LogP contribution in [0.3, 0.4) is 0 Å². The Bertz CT molecular complexity index is 159. The predicted molar refractivity (Wildman–Crippen MR) is 46.9 cm³/mol. The second-order valence-electron chi connectivity index (χ2n) is 3.32. The maximum absolute atomic E-state index is 11.3. The van der Waals surface area contributed by atoms with Crippen molar-refractivity contribution in [2.75, 3.05) is 20.3 Å². The summed E-state index contributed by atoms with van der Waals surface area (Å²) in [4.78, 5) is 13.2. The van der Waals surface area contributed by atoms with Gasteiger partial charge in [0.2, 0.25) is 5.91 Å². The van der Waals surface area contributed by atoms with Crippen molar-refractivity contribution in [3.8, 4) is 0 Å². The minimum atomic E-state index is 0.304. The summed E-state index contributed by atoms with van der Waals surface area (Å²) in [6.07, 6.45) is 2.70. The van der Waals surface area contributed by atoms with Gasteiger partial charge >= 0.3 is 0 Å². The fraction of sp³-hybridized carbons (Fsp3) is 0.889. The molecule has 0 spiro atoms. The van der Waals surface area contributed by atoms with Crippen LogP contribution >= 0.6 is 0 Å². The first-order chi connectivity index (χ1) is 5.75. The second kappa shape index (κ2) is 4.45. The van der Waals surface area contributed by atoms with Crippen LogP contribution in [0.1, 0.15) is 26.2 Å². The summed E-state index contributed by atoms with van der Waals surface area (Å²) in [5.41, 5.74) is 0. The molecule has 1 atom stereocenters. The van der Waals surface area contributed by atoms with Crippen LogP contribution in [0, 0.1) is 0 Å². The van der Waals surface area contributed by atoms with Crippen LogP contribution in [0.25, 0.3) is 0 Å². The molecule has 12 heavy (non-hydrogen) atoms. The minimum absolute atomic E-state index is 0.304. The van der Waals surface area contributed by atoms with E-state index in [1.165, 1.54) is 0 Å². The number of rotatable bonds is 4. The summed E-state index contributed by atoms with van der Waals surface area (Å²) in [6, 6.07) is 0.439. The van der Waals surface area contributed by atoms with E-state index in [1.807, 2.05) is 4.90 Å². The Hall–Kier alpha value is -0.570. The third-order valence-electron chi connectivity index (χ3n) is 2.38. The van der Waals surface area contributed by atoms with Gasteiger partial charge in [-0.25, -0.2) is 0 Å². The van der Waals surface area contributed by atoms with Crippen LogP contribution < -0.4 is 0 Å². The molecular weight excluding hydrogens is 154 g/mol. The van der Waals surface area contributed by atoms with Gasteiger partial charge < -0.3 is 9.64 Å². The highest BCUT2D eigenvalue weighted by molar-refractivity contribution is 5.78. The van der Waals surface area contributed by atoms with Crippen LogP contribution in [0.2, 0.25) is 0 Å². The van der Waals surface area contributed by atoms with Crippen molar-refractivity contribution >= 4 is 5.91 Å². The lowest BCUT2D eigenvalue weighted by atomic mass is 10.2. The largest absolute Gasteiger partial charge is 0.385 e. The highest BCUT2D eigenvalue weighted by atomic mass is 16.5. The number of hydrogen-bond donors (Lipinski definition) is 0. The first kappa shape index (κ1) is 9.52. The maximum atomic E-state index is 11.3. The molecule has 1 rings (SSSR count). The molecule has 0 radical (unpaired) electrons. The molecule has 70 valence electrons. The molecule has 3 nitrogen and oxygen atoms in total. The van der Waals surface area contributed by atoms with E-state index in [9.17, 15) is 4.79 Å². The van der Waals surface area contributed by atoms with E-state index in [-0.39, 0.29) is 0 Å². The van der Waals surface area contributed by atoms with Gasteiger partial charge in [-0.3, -0.25) is 4.79 Å². The third-order valence-corrected chi connectivity index (χ3v) is 2.38. The maximum Gasteiger partial charge on any atom is 0.222 e. The van der Waals surface area contributed by atoms with Gasteiger partial charge in [0.05, 0.1) is 0 Å². The van der Waals surface area contributed by atoms with E-state index in [0.29, 0.717) is 11.9 Å². The molecular formula is C9H17NO2. The summed E-state index contributed by atoms with van der Waals surface area (Å²) in [6.45, 7) is 3.71. The molecule has 1 aliphatic rings. The van der Waals surface area contributed by atoms with Crippen molar-refractivity contribution in [1.29, 1.82) is 0 Å². The highest BCUT2D eigenvalue weighted by Gasteiger charge is 2.26. The van der Waals surface area contributed by atoms with Gasteiger partial charge in [0, 0.05) is 32.7 Å². The fourth-order valence-corrected chi connectivity index (χ4v) is 1.60. The SMILES string of the molecule is COCCCN1C(=O)CCC1C. The minimum Gasteiger partial charge on any atom is -0.385 e. The normalized spacial score (nSPS) is 23.7. The standard InChI is InChI=1S/C9H17NO2/c1-8-4-5-9(11)10(8)6-3-7-12-2/h8H,3-7H2,1-2H3. The molecule has 0 aromatic carbocycles. The van der Waals surface area contributed by atoms with Gasteiger partial charge in [0.1, 0.15) is 0 Å². The molecule has 0 N–H and O–H groups in total. The van der Waals surface area contributed by atoms with Crippen LogP contribution in [0.15, 0.2) is 0 Å². The Balaban J connectivity index is 2.25. The number of likely N-dealkylation sites (tertiary alicyclic amines) is 1. The number of carbonyl (C=O) groups excluding carboxylic acids is 1. The molecule has 1 heterocycles. The first-order valence-corrected chi connectivity index (χ1v) is 4.54. The molecule has 1 amide bonds. The lowest BCUT2D eigenvalue weighted by Gasteiger charge is -2.20. The summed E-state index contributed by atoms with van der Waals surface area (Å²) < 4.78 is 4.93. The van der Waals surface area contributed by atoms with Crippen LogP contribution in [0.5, 0.6) is 0 Å². The second-order valence-corrected chi connectivity index (χ2v) is 3.32.